The Kier molecular flexibility index (Phi) is 7.15. The lowest BCUT2D eigenvalue weighted by Gasteiger charge is -2.33. The lowest BCUT2D eigenvalue weighted by atomic mass is 9.70. The third kappa shape index (κ3) is 4.66. The maximum absolute atomic E-state index is 6.89. The molecule has 13 aromatic rings. The zero-order valence-electron chi connectivity index (χ0n) is 35.6. The van der Waals surface area contributed by atoms with E-state index in [-0.39, 0.29) is 0 Å². The van der Waals surface area contributed by atoms with Gasteiger partial charge in [0.1, 0.15) is 22.3 Å². The van der Waals surface area contributed by atoms with Crippen LogP contribution in [0.2, 0.25) is 0 Å². The van der Waals surface area contributed by atoms with Crippen LogP contribution in [0.25, 0.3) is 98.8 Å². The molecule has 11 aromatic carbocycles. The summed E-state index contributed by atoms with van der Waals surface area (Å²) in [6.45, 7) is 0. The number of rotatable bonds is 4. The van der Waals surface area contributed by atoms with Crippen LogP contribution in [0.5, 0.6) is 0 Å². The number of para-hydroxylation sites is 1. The second kappa shape index (κ2) is 13.2. The summed E-state index contributed by atoms with van der Waals surface area (Å²) in [5.74, 6) is 0. The first-order valence-corrected chi connectivity index (χ1v) is 22.7. The molecule has 0 bridgehead atoms. The normalized spacial score (nSPS) is 13.3. The van der Waals surface area contributed by atoms with Crippen LogP contribution in [-0.2, 0) is 5.41 Å². The van der Waals surface area contributed by atoms with E-state index in [4.69, 9.17) is 8.83 Å². The fourth-order valence-corrected chi connectivity index (χ4v) is 11.9. The Morgan fingerprint density at radius 1 is 0.318 bits per heavy atom. The van der Waals surface area contributed by atoms with E-state index >= 15 is 0 Å². The van der Waals surface area contributed by atoms with Gasteiger partial charge in [-0.1, -0.05) is 170 Å². The smallest absolute Gasteiger partial charge is 0.143 e. The van der Waals surface area contributed by atoms with Gasteiger partial charge in [0.2, 0.25) is 0 Å². The SMILES string of the molecule is c1ccc(N(c2ccc3c(c2)C2(c4ccccc4-c4ccccc42)c2ccccc2-3)c2cccc3oc4c5ccccc5ccc4c23)c(-c2ccc3oc4c5ccccc5ccc4c3c2)c1. The number of nitrogens with zero attached hydrogens (tertiary/aromatic N) is 1. The Balaban J connectivity index is 1.02. The quantitative estimate of drug-likeness (QED) is 0.177. The molecule has 3 nitrogen and oxygen atoms in total. The van der Waals surface area contributed by atoms with Crippen molar-refractivity contribution in [3.8, 4) is 33.4 Å². The fraction of sp³-hybridized carbons (Fsp3) is 0.0159. The maximum Gasteiger partial charge on any atom is 0.143 e. The third-order valence-electron chi connectivity index (χ3n) is 14.7. The van der Waals surface area contributed by atoms with Crippen LogP contribution in [0.3, 0.4) is 0 Å². The Morgan fingerprint density at radius 3 is 1.56 bits per heavy atom. The van der Waals surface area contributed by atoms with Gasteiger partial charge >= 0.3 is 0 Å². The standard InChI is InChI=1S/C63H37NO2/c1-3-17-43-38(14-1)28-32-49-51-36-40(30-35-58(51)65-61(43)49)42-16-8-12-25-56(42)64(57-26-13-27-59-60(57)50-33-29-39-15-2-4-18-44(39)62(50)66-59)41-31-34-48-47-21-7-11-24-54(47)63(55(48)37-41)52-22-9-5-19-45(52)46-20-6-10-23-53(46)63/h1-37H. The van der Waals surface area contributed by atoms with Gasteiger partial charge in [-0.05, 0) is 115 Å². The largest absolute Gasteiger partial charge is 0.455 e. The van der Waals surface area contributed by atoms with Gasteiger partial charge in [-0.2, -0.15) is 0 Å². The highest BCUT2D eigenvalue weighted by molar-refractivity contribution is 6.20. The molecule has 0 atom stereocenters. The summed E-state index contributed by atoms with van der Waals surface area (Å²) in [7, 11) is 0. The number of fused-ring (bicyclic) bond motifs is 20. The van der Waals surface area contributed by atoms with Gasteiger partial charge in [0, 0.05) is 38.2 Å². The number of hydrogen-bond donors (Lipinski definition) is 0. The van der Waals surface area contributed by atoms with Crippen LogP contribution in [-0.4, -0.2) is 0 Å². The lowest BCUT2D eigenvalue weighted by molar-refractivity contribution is 0.672. The average Bonchev–Trinajstić information content (AvgIpc) is 4.12. The Morgan fingerprint density at radius 2 is 0.864 bits per heavy atom. The van der Waals surface area contributed by atoms with Crippen molar-refractivity contribution in [2.24, 2.45) is 0 Å². The van der Waals surface area contributed by atoms with E-state index in [2.05, 4.69) is 229 Å². The molecule has 15 rings (SSSR count). The van der Waals surface area contributed by atoms with Crippen LogP contribution < -0.4 is 4.90 Å². The molecule has 0 aliphatic heterocycles. The minimum absolute atomic E-state index is 0.495. The van der Waals surface area contributed by atoms with Gasteiger partial charge in [-0.25, -0.2) is 0 Å². The minimum Gasteiger partial charge on any atom is -0.455 e. The van der Waals surface area contributed by atoms with E-state index in [9.17, 15) is 0 Å². The van der Waals surface area contributed by atoms with Crippen LogP contribution in [0.15, 0.2) is 233 Å². The molecule has 3 heteroatoms. The van der Waals surface area contributed by atoms with Crippen molar-refractivity contribution in [3.63, 3.8) is 0 Å². The molecule has 0 fully saturated rings. The minimum atomic E-state index is -0.495. The molecule has 0 saturated carbocycles. The molecule has 0 radical (unpaired) electrons. The van der Waals surface area contributed by atoms with E-state index in [1.807, 2.05) is 0 Å². The molecule has 66 heavy (non-hydrogen) atoms. The molecule has 306 valence electrons. The molecule has 0 saturated heterocycles. The zero-order chi connectivity index (χ0) is 43.1. The summed E-state index contributed by atoms with van der Waals surface area (Å²) in [5, 5.41) is 8.93. The highest BCUT2D eigenvalue weighted by atomic mass is 16.3. The van der Waals surface area contributed by atoms with Crippen LogP contribution in [0, 0.1) is 0 Å². The predicted octanol–water partition coefficient (Wildman–Crippen LogP) is 17.3. The van der Waals surface area contributed by atoms with Gasteiger partial charge < -0.3 is 13.7 Å². The second-order valence-corrected chi connectivity index (χ2v) is 17.9. The first-order chi connectivity index (χ1) is 32.7. The molecule has 2 aliphatic carbocycles. The van der Waals surface area contributed by atoms with Gasteiger partial charge in [-0.3, -0.25) is 0 Å². The topological polar surface area (TPSA) is 29.5 Å². The Bertz CT molecular complexity index is 4140. The number of benzene rings is 11. The van der Waals surface area contributed by atoms with E-state index in [0.717, 1.165) is 88.2 Å². The van der Waals surface area contributed by atoms with Gasteiger partial charge in [0.25, 0.3) is 0 Å². The van der Waals surface area contributed by atoms with Crippen molar-refractivity contribution in [2.45, 2.75) is 5.41 Å². The monoisotopic (exact) mass is 839 g/mol. The van der Waals surface area contributed by atoms with Gasteiger partial charge in [0.05, 0.1) is 22.2 Å². The molecule has 2 heterocycles. The van der Waals surface area contributed by atoms with E-state index < -0.39 is 5.41 Å². The molecule has 0 amide bonds. The zero-order valence-corrected chi connectivity index (χ0v) is 35.6. The van der Waals surface area contributed by atoms with Crippen molar-refractivity contribution < 1.29 is 8.83 Å². The molecule has 0 unspecified atom stereocenters. The van der Waals surface area contributed by atoms with E-state index in [0.29, 0.717) is 0 Å². The molecule has 2 aliphatic rings. The van der Waals surface area contributed by atoms with Crippen molar-refractivity contribution in [1.29, 1.82) is 0 Å². The fourth-order valence-electron chi connectivity index (χ4n) is 11.9. The van der Waals surface area contributed by atoms with Crippen LogP contribution in [0.4, 0.5) is 17.1 Å². The molecular weight excluding hydrogens is 803 g/mol. The molecule has 2 aromatic heterocycles. The number of anilines is 3. The number of hydrogen-bond acceptors (Lipinski definition) is 3. The first-order valence-electron chi connectivity index (χ1n) is 22.7. The predicted molar refractivity (Wildman–Crippen MR) is 272 cm³/mol. The highest BCUT2D eigenvalue weighted by Gasteiger charge is 2.51. The second-order valence-electron chi connectivity index (χ2n) is 17.9. The van der Waals surface area contributed by atoms with Crippen molar-refractivity contribution in [2.75, 3.05) is 4.90 Å². The van der Waals surface area contributed by atoms with Crippen LogP contribution in [0.1, 0.15) is 22.3 Å². The third-order valence-corrected chi connectivity index (χ3v) is 14.7. The summed E-state index contributed by atoms with van der Waals surface area (Å²) in [6, 6.07) is 82.2. The molecule has 1 spiro atoms. The number of furan rings is 2. The van der Waals surface area contributed by atoms with Crippen molar-refractivity contribution >= 4 is 82.5 Å². The summed E-state index contributed by atoms with van der Waals surface area (Å²) in [5.41, 5.74) is 18.8. The summed E-state index contributed by atoms with van der Waals surface area (Å²) < 4.78 is 13.5. The lowest BCUT2D eigenvalue weighted by Crippen LogP contribution is -2.26. The maximum atomic E-state index is 6.89. The van der Waals surface area contributed by atoms with Crippen molar-refractivity contribution in [3.05, 3.63) is 247 Å². The van der Waals surface area contributed by atoms with E-state index in [1.165, 1.54) is 49.9 Å². The molecule has 0 N–H and O–H groups in total. The summed E-state index contributed by atoms with van der Waals surface area (Å²) in [4.78, 5) is 2.48. The van der Waals surface area contributed by atoms with Gasteiger partial charge in [0.15, 0.2) is 0 Å². The van der Waals surface area contributed by atoms with Gasteiger partial charge in [-0.15, -0.1) is 0 Å². The first kappa shape index (κ1) is 35.8. The highest BCUT2D eigenvalue weighted by Crippen LogP contribution is 2.63. The average molecular weight is 840 g/mol. The van der Waals surface area contributed by atoms with E-state index in [1.54, 1.807) is 0 Å². The summed E-state index contributed by atoms with van der Waals surface area (Å²) in [6.07, 6.45) is 0. The Hall–Kier alpha value is -8.66. The summed E-state index contributed by atoms with van der Waals surface area (Å²) >= 11 is 0. The van der Waals surface area contributed by atoms with Crippen LogP contribution >= 0.6 is 0 Å². The molecular formula is C63H37NO2. The Labute approximate surface area is 380 Å². The van der Waals surface area contributed by atoms with Crippen molar-refractivity contribution in [1.82, 2.24) is 0 Å².